The number of likely N-dealkylation sites (N-methyl/N-ethyl adjacent to an activating group) is 1. The molecule has 0 aliphatic heterocycles. The molecule has 2 amide bonds. The molecule has 0 aliphatic rings. The number of hydrogen-bond acceptors (Lipinski definition) is 5. The summed E-state index contributed by atoms with van der Waals surface area (Å²) in [4.78, 5) is 36.9. The predicted octanol–water partition coefficient (Wildman–Crippen LogP) is 1.96. The fourth-order valence-electron chi connectivity index (χ4n) is 2.18. The van der Waals surface area contributed by atoms with Crippen molar-refractivity contribution in [3.05, 3.63) is 35.9 Å². The number of rotatable bonds is 8. The summed E-state index contributed by atoms with van der Waals surface area (Å²) in [5.41, 5.74) is 0.858. The molecule has 0 spiro atoms. The molecule has 7 heteroatoms. The molecule has 0 heterocycles. The van der Waals surface area contributed by atoms with Crippen molar-refractivity contribution in [2.24, 2.45) is 5.92 Å². The second kappa shape index (κ2) is 10.3. The molecule has 25 heavy (non-hydrogen) atoms. The van der Waals surface area contributed by atoms with E-state index in [-0.39, 0.29) is 19.1 Å². The Balaban J connectivity index is 2.47. The summed E-state index contributed by atoms with van der Waals surface area (Å²) >= 11 is 0. The van der Waals surface area contributed by atoms with Crippen LogP contribution in [0.25, 0.3) is 0 Å². The highest BCUT2D eigenvalue weighted by Crippen LogP contribution is 2.07. The molecule has 0 aliphatic carbocycles. The Morgan fingerprint density at radius 3 is 2.36 bits per heavy atom. The lowest BCUT2D eigenvalue weighted by atomic mass is 10.0. The Morgan fingerprint density at radius 1 is 1.16 bits per heavy atom. The van der Waals surface area contributed by atoms with Gasteiger partial charge in [-0.2, -0.15) is 0 Å². The largest absolute Gasteiger partial charge is 0.467 e. The lowest BCUT2D eigenvalue weighted by molar-refractivity contribution is -0.145. The highest BCUT2D eigenvalue weighted by molar-refractivity contribution is 5.87. The van der Waals surface area contributed by atoms with Gasteiger partial charge in [0.1, 0.15) is 19.2 Å². The van der Waals surface area contributed by atoms with Crippen LogP contribution in [-0.2, 0) is 25.7 Å². The number of carbonyl (C=O) groups is 3. The van der Waals surface area contributed by atoms with Gasteiger partial charge >= 0.3 is 12.1 Å². The maximum atomic E-state index is 12.1. The van der Waals surface area contributed by atoms with Gasteiger partial charge in [0.15, 0.2) is 0 Å². The lowest BCUT2D eigenvalue weighted by Crippen LogP contribution is -2.47. The van der Waals surface area contributed by atoms with Crippen LogP contribution in [0.4, 0.5) is 4.79 Å². The minimum Gasteiger partial charge on any atom is -0.467 e. The quantitative estimate of drug-likeness (QED) is 0.725. The van der Waals surface area contributed by atoms with Gasteiger partial charge in [-0.05, 0) is 17.9 Å². The molecule has 0 aromatic heterocycles. The average molecular weight is 350 g/mol. The van der Waals surface area contributed by atoms with E-state index in [1.807, 2.05) is 44.2 Å². The van der Waals surface area contributed by atoms with E-state index in [4.69, 9.17) is 9.47 Å². The van der Waals surface area contributed by atoms with Crippen molar-refractivity contribution < 1.29 is 23.9 Å². The van der Waals surface area contributed by atoms with Crippen LogP contribution in [0.2, 0.25) is 0 Å². The van der Waals surface area contributed by atoms with Gasteiger partial charge < -0.3 is 19.7 Å². The normalized spacial score (nSPS) is 11.6. The molecule has 1 aromatic rings. The van der Waals surface area contributed by atoms with Crippen LogP contribution in [0.5, 0.6) is 0 Å². The molecule has 0 unspecified atom stereocenters. The number of nitrogens with zero attached hydrogens (tertiary/aromatic N) is 1. The Labute approximate surface area is 148 Å². The summed E-state index contributed by atoms with van der Waals surface area (Å²) in [6.07, 6.45) is -0.155. The Morgan fingerprint density at radius 2 is 1.80 bits per heavy atom. The van der Waals surface area contributed by atoms with Crippen LogP contribution < -0.4 is 5.32 Å². The molecule has 0 fully saturated rings. The lowest BCUT2D eigenvalue weighted by Gasteiger charge is -2.21. The maximum Gasteiger partial charge on any atom is 0.410 e. The smallest absolute Gasteiger partial charge is 0.410 e. The van der Waals surface area contributed by atoms with Gasteiger partial charge in [-0.15, -0.1) is 0 Å². The molecular weight excluding hydrogens is 324 g/mol. The first-order valence-electron chi connectivity index (χ1n) is 8.12. The number of esters is 1. The molecule has 1 rings (SSSR count). The van der Waals surface area contributed by atoms with Crippen molar-refractivity contribution in [3.63, 3.8) is 0 Å². The van der Waals surface area contributed by atoms with E-state index in [9.17, 15) is 14.4 Å². The van der Waals surface area contributed by atoms with Crippen LogP contribution in [-0.4, -0.2) is 49.6 Å². The molecule has 1 N–H and O–H groups in total. The van der Waals surface area contributed by atoms with Crippen molar-refractivity contribution in [3.8, 4) is 0 Å². The zero-order valence-electron chi connectivity index (χ0n) is 15.2. The fourth-order valence-corrected chi connectivity index (χ4v) is 2.18. The van der Waals surface area contributed by atoms with E-state index in [0.29, 0.717) is 6.42 Å². The summed E-state index contributed by atoms with van der Waals surface area (Å²) in [7, 11) is 2.73. The topological polar surface area (TPSA) is 84.9 Å². The highest BCUT2D eigenvalue weighted by atomic mass is 16.6. The number of nitrogens with one attached hydrogen (secondary N) is 1. The molecular formula is C18H26N2O5. The van der Waals surface area contributed by atoms with Crippen molar-refractivity contribution in [1.82, 2.24) is 10.2 Å². The molecule has 0 saturated carbocycles. The Kier molecular flexibility index (Phi) is 8.46. The van der Waals surface area contributed by atoms with E-state index >= 15 is 0 Å². The highest BCUT2D eigenvalue weighted by Gasteiger charge is 2.24. The van der Waals surface area contributed by atoms with Crippen molar-refractivity contribution in [1.29, 1.82) is 0 Å². The van der Waals surface area contributed by atoms with E-state index in [2.05, 4.69) is 5.32 Å². The summed E-state index contributed by atoms with van der Waals surface area (Å²) in [5, 5.41) is 2.60. The van der Waals surface area contributed by atoms with E-state index in [1.165, 1.54) is 14.2 Å². The van der Waals surface area contributed by atoms with Gasteiger partial charge in [0.2, 0.25) is 5.91 Å². The number of amides is 2. The molecule has 0 bridgehead atoms. The van der Waals surface area contributed by atoms with E-state index < -0.39 is 24.0 Å². The minimum atomic E-state index is -0.730. The van der Waals surface area contributed by atoms with Gasteiger partial charge in [-0.1, -0.05) is 44.2 Å². The van der Waals surface area contributed by atoms with Crippen LogP contribution in [0.3, 0.4) is 0 Å². The molecule has 138 valence electrons. The van der Waals surface area contributed by atoms with Crippen LogP contribution in [0.1, 0.15) is 25.8 Å². The number of ether oxygens (including phenoxy) is 2. The van der Waals surface area contributed by atoms with Crippen molar-refractivity contribution in [2.75, 3.05) is 20.7 Å². The zero-order chi connectivity index (χ0) is 18.8. The second-order valence-electron chi connectivity index (χ2n) is 6.17. The van der Waals surface area contributed by atoms with E-state index in [1.54, 1.807) is 0 Å². The van der Waals surface area contributed by atoms with E-state index in [0.717, 1.165) is 10.5 Å². The maximum absolute atomic E-state index is 12.1. The Hall–Kier alpha value is -2.57. The minimum absolute atomic E-state index is 0.129. The molecule has 0 saturated heterocycles. The summed E-state index contributed by atoms with van der Waals surface area (Å²) in [6.45, 7) is 3.80. The first-order chi connectivity index (χ1) is 11.8. The molecule has 7 nitrogen and oxygen atoms in total. The monoisotopic (exact) mass is 350 g/mol. The fraction of sp³-hybridized carbons (Fsp3) is 0.500. The zero-order valence-corrected chi connectivity index (χ0v) is 15.2. The van der Waals surface area contributed by atoms with Gasteiger partial charge in [-0.3, -0.25) is 4.79 Å². The van der Waals surface area contributed by atoms with Crippen molar-refractivity contribution in [2.45, 2.75) is 32.9 Å². The number of methoxy groups -OCH3 is 1. The van der Waals surface area contributed by atoms with Crippen molar-refractivity contribution >= 4 is 18.0 Å². The van der Waals surface area contributed by atoms with Gasteiger partial charge in [0, 0.05) is 7.05 Å². The molecule has 1 atom stereocenters. The van der Waals surface area contributed by atoms with Gasteiger partial charge in [-0.25, -0.2) is 9.59 Å². The standard InChI is InChI=1S/C18H26N2O5/c1-13(2)10-15(17(22)24-4)19-16(21)11-20(3)18(23)25-12-14-8-6-5-7-9-14/h5-9,13,15H,10-12H2,1-4H3,(H,19,21)/t15-/m0/s1. The van der Waals surface area contributed by atoms with Crippen LogP contribution in [0, 0.1) is 5.92 Å². The molecule has 0 radical (unpaired) electrons. The SMILES string of the molecule is COC(=O)[C@H](CC(C)C)NC(=O)CN(C)C(=O)OCc1ccccc1. The number of benzene rings is 1. The predicted molar refractivity (Wildman–Crippen MR) is 92.7 cm³/mol. The third-order valence-corrected chi connectivity index (χ3v) is 3.43. The Bertz CT molecular complexity index is 574. The summed E-state index contributed by atoms with van der Waals surface area (Å²) in [6, 6.07) is 8.52. The van der Waals surface area contributed by atoms with Crippen LogP contribution >= 0.6 is 0 Å². The average Bonchev–Trinajstić information content (AvgIpc) is 2.58. The number of hydrogen-bond donors (Lipinski definition) is 1. The first kappa shape index (κ1) is 20.5. The molecule has 1 aromatic carbocycles. The number of carbonyl (C=O) groups excluding carboxylic acids is 3. The third-order valence-electron chi connectivity index (χ3n) is 3.43. The first-order valence-corrected chi connectivity index (χ1v) is 8.12. The van der Waals surface area contributed by atoms with Crippen LogP contribution in [0.15, 0.2) is 30.3 Å². The third kappa shape index (κ3) is 7.69. The second-order valence-corrected chi connectivity index (χ2v) is 6.17. The van der Waals surface area contributed by atoms with Gasteiger partial charge in [0.05, 0.1) is 7.11 Å². The summed E-state index contributed by atoms with van der Waals surface area (Å²) in [5.74, 6) is -0.746. The summed E-state index contributed by atoms with van der Waals surface area (Å²) < 4.78 is 9.84. The van der Waals surface area contributed by atoms with Gasteiger partial charge in [0.25, 0.3) is 0 Å².